The Balaban J connectivity index is 1.94. The van der Waals surface area contributed by atoms with E-state index in [1.807, 2.05) is 18.2 Å². The Bertz CT molecular complexity index is 583. The maximum absolute atomic E-state index is 13.8. The van der Waals surface area contributed by atoms with E-state index in [9.17, 15) is 4.39 Å². The van der Waals surface area contributed by atoms with Crippen LogP contribution in [0.15, 0.2) is 48.5 Å². The van der Waals surface area contributed by atoms with E-state index >= 15 is 0 Å². The van der Waals surface area contributed by atoms with Crippen LogP contribution in [0.4, 0.5) is 10.1 Å². The highest BCUT2D eigenvalue weighted by Gasteiger charge is 2.24. The predicted molar refractivity (Wildman–Crippen MR) is 80.5 cm³/mol. The van der Waals surface area contributed by atoms with Crippen molar-refractivity contribution in [1.29, 1.82) is 0 Å². The SMILES string of the molecule is Cc1ccc(N2CCNCC2c2ccccc2)cc1F. The van der Waals surface area contributed by atoms with E-state index in [1.54, 1.807) is 13.0 Å². The second-order valence-electron chi connectivity index (χ2n) is 5.26. The van der Waals surface area contributed by atoms with Gasteiger partial charge in [-0.05, 0) is 30.2 Å². The van der Waals surface area contributed by atoms with Gasteiger partial charge in [-0.25, -0.2) is 4.39 Å². The van der Waals surface area contributed by atoms with Crippen molar-refractivity contribution in [1.82, 2.24) is 5.32 Å². The first-order valence-electron chi connectivity index (χ1n) is 7.04. The molecule has 2 aromatic carbocycles. The summed E-state index contributed by atoms with van der Waals surface area (Å²) < 4.78 is 13.8. The molecular weight excluding hydrogens is 251 g/mol. The van der Waals surface area contributed by atoms with Crippen molar-refractivity contribution < 1.29 is 4.39 Å². The summed E-state index contributed by atoms with van der Waals surface area (Å²) in [7, 11) is 0. The molecule has 1 aliphatic heterocycles. The molecule has 1 aliphatic rings. The molecule has 3 rings (SSSR count). The molecule has 0 saturated carbocycles. The minimum Gasteiger partial charge on any atom is -0.362 e. The Morgan fingerprint density at radius 3 is 2.70 bits per heavy atom. The normalized spacial score (nSPS) is 19.1. The summed E-state index contributed by atoms with van der Waals surface area (Å²) in [5.74, 6) is -0.132. The molecule has 0 spiro atoms. The number of nitrogens with zero attached hydrogens (tertiary/aromatic N) is 1. The molecule has 0 bridgehead atoms. The molecule has 1 unspecified atom stereocenters. The average Bonchev–Trinajstić information content (AvgIpc) is 2.51. The average molecular weight is 270 g/mol. The minimum absolute atomic E-state index is 0.132. The summed E-state index contributed by atoms with van der Waals surface area (Å²) in [6.45, 7) is 4.51. The van der Waals surface area contributed by atoms with Crippen LogP contribution in [0.1, 0.15) is 17.2 Å². The molecule has 1 N–H and O–H groups in total. The van der Waals surface area contributed by atoms with E-state index in [0.717, 1.165) is 25.3 Å². The molecule has 1 saturated heterocycles. The minimum atomic E-state index is -0.132. The second kappa shape index (κ2) is 5.63. The van der Waals surface area contributed by atoms with E-state index in [2.05, 4.69) is 34.5 Å². The summed E-state index contributed by atoms with van der Waals surface area (Å²) in [5, 5.41) is 3.42. The number of hydrogen-bond acceptors (Lipinski definition) is 2. The molecular formula is C17H19FN2. The number of aryl methyl sites for hydroxylation is 1. The van der Waals surface area contributed by atoms with Crippen LogP contribution in [0.3, 0.4) is 0 Å². The molecule has 1 heterocycles. The molecule has 0 radical (unpaired) electrons. The van der Waals surface area contributed by atoms with Crippen molar-refractivity contribution in [3.8, 4) is 0 Å². The summed E-state index contributed by atoms with van der Waals surface area (Å²) in [6, 6.07) is 16.2. The predicted octanol–water partition coefficient (Wildman–Crippen LogP) is 3.29. The Morgan fingerprint density at radius 1 is 1.15 bits per heavy atom. The lowest BCUT2D eigenvalue weighted by molar-refractivity contribution is 0.488. The van der Waals surface area contributed by atoms with Gasteiger partial charge in [0.25, 0.3) is 0 Å². The maximum atomic E-state index is 13.8. The summed E-state index contributed by atoms with van der Waals surface area (Å²) in [5.41, 5.74) is 2.92. The first kappa shape index (κ1) is 13.1. The van der Waals surface area contributed by atoms with Gasteiger partial charge in [0.15, 0.2) is 0 Å². The highest BCUT2D eigenvalue weighted by molar-refractivity contribution is 5.51. The fourth-order valence-corrected chi connectivity index (χ4v) is 2.75. The van der Waals surface area contributed by atoms with Crippen LogP contribution in [0.5, 0.6) is 0 Å². The first-order valence-corrected chi connectivity index (χ1v) is 7.04. The Kier molecular flexibility index (Phi) is 3.70. The van der Waals surface area contributed by atoms with E-state index in [1.165, 1.54) is 5.56 Å². The Labute approximate surface area is 119 Å². The quantitative estimate of drug-likeness (QED) is 0.901. The number of nitrogens with one attached hydrogen (secondary N) is 1. The van der Waals surface area contributed by atoms with Crippen molar-refractivity contribution in [3.05, 3.63) is 65.5 Å². The Morgan fingerprint density at radius 2 is 1.95 bits per heavy atom. The van der Waals surface area contributed by atoms with Crippen LogP contribution in [0.25, 0.3) is 0 Å². The van der Waals surface area contributed by atoms with Gasteiger partial charge < -0.3 is 10.2 Å². The second-order valence-corrected chi connectivity index (χ2v) is 5.26. The van der Waals surface area contributed by atoms with E-state index < -0.39 is 0 Å². The van der Waals surface area contributed by atoms with Gasteiger partial charge in [0, 0.05) is 25.3 Å². The molecule has 2 nitrogen and oxygen atoms in total. The molecule has 0 aliphatic carbocycles. The van der Waals surface area contributed by atoms with Gasteiger partial charge in [0.1, 0.15) is 5.82 Å². The fraction of sp³-hybridized carbons (Fsp3) is 0.294. The number of piperazine rings is 1. The molecule has 20 heavy (non-hydrogen) atoms. The summed E-state index contributed by atoms with van der Waals surface area (Å²) >= 11 is 0. The van der Waals surface area contributed by atoms with Gasteiger partial charge in [0.05, 0.1) is 6.04 Å². The first-order chi connectivity index (χ1) is 9.75. The molecule has 104 valence electrons. The molecule has 3 heteroatoms. The van der Waals surface area contributed by atoms with Gasteiger partial charge in [-0.15, -0.1) is 0 Å². The van der Waals surface area contributed by atoms with Crippen LogP contribution >= 0.6 is 0 Å². The number of hydrogen-bond donors (Lipinski definition) is 1. The van der Waals surface area contributed by atoms with Gasteiger partial charge in [-0.2, -0.15) is 0 Å². The zero-order valence-corrected chi connectivity index (χ0v) is 11.6. The zero-order chi connectivity index (χ0) is 13.9. The maximum Gasteiger partial charge on any atom is 0.128 e. The lowest BCUT2D eigenvalue weighted by Gasteiger charge is -2.38. The smallest absolute Gasteiger partial charge is 0.128 e. The Hall–Kier alpha value is -1.87. The number of anilines is 1. The standard InChI is InChI=1S/C17H19FN2/c1-13-7-8-15(11-16(13)18)20-10-9-19-12-17(20)14-5-3-2-4-6-14/h2-8,11,17,19H,9-10,12H2,1H3. The third-order valence-corrected chi connectivity index (χ3v) is 3.91. The van der Waals surface area contributed by atoms with Gasteiger partial charge in [-0.3, -0.25) is 0 Å². The third kappa shape index (κ3) is 2.54. The van der Waals surface area contributed by atoms with Crippen molar-refractivity contribution >= 4 is 5.69 Å². The van der Waals surface area contributed by atoms with Crippen LogP contribution in [-0.2, 0) is 0 Å². The van der Waals surface area contributed by atoms with Crippen LogP contribution in [-0.4, -0.2) is 19.6 Å². The van der Waals surface area contributed by atoms with E-state index in [4.69, 9.17) is 0 Å². The van der Waals surface area contributed by atoms with E-state index in [-0.39, 0.29) is 11.9 Å². The van der Waals surface area contributed by atoms with Crippen molar-refractivity contribution in [2.24, 2.45) is 0 Å². The number of rotatable bonds is 2. The molecule has 2 aromatic rings. The van der Waals surface area contributed by atoms with E-state index in [0.29, 0.717) is 5.56 Å². The summed E-state index contributed by atoms with van der Waals surface area (Å²) in [6.07, 6.45) is 0. The third-order valence-electron chi connectivity index (χ3n) is 3.91. The van der Waals surface area contributed by atoms with Gasteiger partial charge >= 0.3 is 0 Å². The molecule has 1 atom stereocenters. The van der Waals surface area contributed by atoms with Crippen molar-refractivity contribution in [2.75, 3.05) is 24.5 Å². The number of halogens is 1. The fourth-order valence-electron chi connectivity index (χ4n) is 2.75. The largest absolute Gasteiger partial charge is 0.362 e. The van der Waals surface area contributed by atoms with Gasteiger partial charge in [0.2, 0.25) is 0 Å². The molecule has 1 fully saturated rings. The monoisotopic (exact) mass is 270 g/mol. The molecule has 0 aromatic heterocycles. The lowest BCUT2D eigenvalue weighted by Crippen LogP contribution is -2.46. The van der Waals surface area contributed by atoms with Crippen molar-refractivity contribution in [2.45, 2.75) is 13.0 Å². The van der Waals surface area contributed by atoms with Crippen LogP contribution < -0.4 is 10.2 Å². The van der Waals surface area contributed by atoms with Gasteiger partial charge in [-0.1, -0.05) is 36.4 Å². The highest BCUT2D eigenvalue weighted by Crippen LogP contribution is 2.29. The van der Waals surface area contributed by atoms with Crippen LogP contribution in [0.2, 0.25) is 0 Å². The zero-order valence-electron chi connectivity index (χ0n) is 11.6. The highest BCUT2D eigenvalue weighted by atomic mass is 19.1. The van der Waals surface area contributed by atoms with Crippen molar-refractivity contribution in [3.63, 3.8) is 0 Å². The molecule has 0 amide bonds. The van der Waals surface area contributed by atoms with Crippen LogP contribution in [0, 0.1) is 12.7 Å². The lowest BCUT2D eigenvalue weighted by atomic mass is 10.0. The summed E-state index contributed by atoms with van der Waals surface area (Å²) in [4.78, 5) is 2.29. The topological polar surface area (TPSA) is 15.3 Å². The number of benzene rings is 2.